The number of hydrogen-bond donors (Lipinski definition) is 0. The Morgan fingerprint density at radius 1 is 1.28 bits per heavy atom. The summed E-state index contributed by atoms with van der Waals surface area (Å²) in [5.41, 5.74) is 1.59. The molecule has 0 fully saturated rings. The third-order valence-electron chi connectivity index (χ3n) is 3.71. The first-order valence-electron chi connectivity index (χ1n) is 7.58. The molecule has 25 heavy (non-hydrogen) atoms. The summed E-state index contributed by atoms with van der Waals surface area (Å²) >= 11 is 4.88. The molecule has 0 radical (unpaired) electrons. The Morgan fingerprint density at radius 3 is 2.84 bits per heavy atom. The average Bonchev–Trinajstić information content (AvgIpc) is 2.62. The van der Waals surface area contributed by atoms with Crippen molar-refractivity contribution in [3.05, 3.63) is 52.5 Å². The van der Waals surface area contributed by atoms with Gasteiger partial charge in [-0.25, -0.2) is 0 Å². The predicted molar refractivity (Wildman–Crippen MR) is 100 cm³/mol. The molecular formula is C18H16BrNO4S. The van der Waals surface area contributed by atoms with E-state index in [2.05, 4.69) is 15.9 Å². The highest BCUT2D eigenvalue weighted by Crippen LogP contribution is 2.34. The molecule has 3 rings (SSSR count). The predicted octanol–water partition coefficient (Wildman–Crippen LogP) is 3.64. The van der Waals surface area contributed by atoms with Crippen LogP contribution in [-0.4, -0.2) is 31.3 Å². The molecule has 1 heterocycles. The van der Waals surface area contributed by atoms with E-state index in [0.717, 1.165) is 20.6 Å². The van der Waals surface area contributed by atoms with E-state index in [1.54, 1.807) is 13.2 Å². The van der Waals surface area contributed by atoms with Crippen molar-refractivity contribution in [2.45, 2.75) is 11.5 Å². The molecular weight excluding hydrogens is 406 g/mol. The van der Waals surface area contributed by atoms with E-state index in [4.69, 9.17) is 9.47 Å². The van der Waals surface area contributed by atoms with Gasteiger partial charge in [-0.15, -0.1) is 11.8 Å². The van der Waals surface area contributed by atoms with Gasteiger partial charge in [-0.3, -0.25) is 14.5 Å². The monoisotopic (exact) mass is 421 g/mol. The molecule has 2 aromatic rings. The first kappa shape index (κ1) is 17.8. The number of benzene rings is 2. The number of rotatable bonds is 5. The van der Waals surface area contributed by atoms with Gasteiger partial charge in [0.15, 0.2) is 0 Å². The summed E-state index contributed by atoms with van der Waals surface area (Å²) in [6.07, 6.45) is 0. The van der Waals surface area contributed by atoms with Crippen molar-refractivity contribution < 1.29 is 19.1 Å². The zero-order chi connectivity index (χ0) is 17.8. The molecule has 1 aliphatic heterocycles. The van der Waals surface area contributed by atoms with Crippen LogP contribution in [0.15, 0.2) is 51.8 Å². The molecule has 0 atom stereocenters. The minimum absolute atomic E-state index is 0.0896. The molecule has 1 amide bonds. The lowest BCUT2D eigenvalue weighted by atomic mass is 10.2. The Kier molecular flexibility index (Phi) is 5.65. The van der Waals surface area contributed by atoms with Crippen LogP contribution in [0.2, 0.25) is 0 Å². The summed E-state index contributed by atoms with van der Waals surface area (Å²) in [5.74, 6) is 0.508. The van der Waals surface area contributed by atoms with Gasteiger partial charge in [-0.1, -0.05) is 18.2 Å². The lowest BCUT2D eigenvalue weighted by Crippen LogP contribution is -2.39. The van der Waals surface area contributed by atoms with Crippen LogP contribution in [0.3, 0.4) is 0 Å². The van der Waals surface area contributed by atoms with Crippen LogP contribution in [-0.2, 0) is 20.9 Å². The van der Waals surface area contributed by atoms with Crippen molar-refractivity contribution in [1.29, 1.82) is 0 Å². The number of methoxy groups -OCH3 is 1. The summed E-state index contributed by atoms with van der Waals surface area (Å²) in [6.45, 7) is 0.0492. The van der Waals surface area contributed by atoms with Gasteiger partial charge in [0.1, 0.15) is 18.9 Å². The van der Waals surface area contributed by atoms with Gasteiger partial charge in [0, 0.05) is 4.90 Å². The number of esters is 1. The minimum atomic E-state index is -0.443. The molecule has 0 bridgehead atoms. The topological polar surface area (TPSA) is 55.8 Å². The van der Waals surface area contributed by atoms with Crippen LogP contribution in [0.25, 0.3) is 0 Å². The zero-order valence-electron chi connectivity index (χ0n) is 13.5. The number of nitrogens with zero attached hydrogens (tertiary/aromatic N) is 1. The number of carbonyl (C=O) groups excluding carboxylic acids is 2. The number of amides is 1. The van der Waals surface area contributed by atoms with Gasteiger partial charge in [0.25, 0.3) is 0 Å². The molecule has 0 aromatic heterocycles. The van der Waals surface area contributed by atoms with Crippen molar-refractivity contribution in [2.75, 3.05) is 24.3 Å². The molecule has 0 spiro atoms. The standard InChI is InChI=1S/C18H16BrNO4S/c1-23-15-7-6-12(8-13(15)19)10-24-18(22)9-20-14-4-2-3-5-16(14)25-11-17(20)21/h2-8H,9-11H2,1H3. The van der Waals surface area contributed by atoms with Gasteiger partial charge >= 0.3 is 5.97 Å². The number of carbonyl (C=O) groups is 2. The second-order valence-electron chi connectivity index (χ2n) is 5.37. The first-order chi connectivity index (χ1) is 12.1. The fraction of sp³-hybridized carbons (Fsp3) is 0.222. The highest BCUT2D eigenvalue weighted by Gasteiger charge is 2.26. The normalized spacial score (nSPS) is 13.4. The van der Waals surface area contributed by atoms with E-state index in [1.807, 2.05) is 36.4 Å². The van der Waals surface area contributed by atoms with Gasteiger partial charge < -0.3 is 9.47 Å². The van der Waals surface area contributed by atoms with E-state index in [-0.39, 0.29) is 19.1 Å². The molecule has 0 saturated carbocycles. The SMILES string of the molecule is COc1ccc(COC(=O)CN2C(=O)CSc3ccccc32)cc1Br. The lowest BCUT2D eigenvalue weighted by Gasteiger charge is -2.27. The number of halogens is 1. The minimum Gasteiger partial charge on any atom is -0.496 e. The number of thioether (sulfide) groups is 1. The van der Waals surface area contributed by atoms with Crippen LogP contribution >= 0.6 is 27.7 Å². The molecule has 0 aliphatic carbocycles. The molecule has 0 N–H and O–H groups in total. The largest absolute Gasteiger partial charge is 0.496 e. The molecule has 0 unspecified atom stereocenters. The fourth-order valence-corrected chi connectivity index (χ4v) is 3.99. The number of ether oxygens (including phenoxy) is 2. The zero-order valence-corrected chi connectivity index (χ0v) is 15.9. The lowest BCUT2D eigenvalue weighted by molar-refractivity contribution is -0.144. The average molecular weight is 422 g/mol. The van der Waals surface area contributed by atoms with Crippen LogP contribution in [0.4, 0.5) is 5.69 Å². The smallest absolute Gasteiger partial charge is 0.326 e. The Labute approximate surface area is 158 Å². The van der Waals surface area contributed by atoms with Crippen LogP contribution < -0.4 is 9.64 Å². The number of hydrogen-bond acceptors (Lipinski definition) is 5. The van der Waals surface area contributed by atoms with Gasteiger partial charge in [0.05, 0.1) is 23.0 Å². The second-order valence-corrected chi connectivity index (χ2v) is 7.24. The Balaban J connectivity index is 1.63. The fourth-order valence-electron chi connectivity index (χ4n) is 2.47. The molecule has 7 heteroatoms. The maximum absolute atomic E-state index is 12.2. The van der Waals surface area contributed by atoms with Crippen LogP contribution in [0.5, 0.6) is 5.75 Å². The first-order valence-corrected chi connectivity index (χ1v) is 9.36. The summed E-state index contributed by atoms with van der Waals surface area (Å²) in [5, 5.41) is 0. The molecule has 0 saturated heterocycles. The third kappa shape index (κ3) is 4.16. The van der Waals surface area contributed by atoms with Gasteiger partial charge in [-0.2, -0.15) is 0 Å². The molecule has 2 aromatic carbocycles. The van der Waals surface area contributed by atoms with Gasteiger partial charge in [-0.05, 0) is 45.8 Å². The maximum atomic E-state index is 12.2. The quantitative estimate of drug-likeness (QED) is 0.689. The summed E-state index contributed by atoms with van der Waals surface area (Å²) in [7, 11) is 1.59. The summed E-state index contributed by atoms with van der Waals surface area (Å²) < 4.78 is 11.3. The number of anilines is 1. The van der Waals surface area contributed by atoms with Crippen molar-refractivity contribution in [3.63, 3.8) is 0 Å². The van der Waals surface area contributed by atoms with Crippen LogP contribution in [0.1, 0.15) is 5.56 Å². The highest BCUT2D eigenvalue weighted by atomic mass is 79.9. The van der Waals surface area contributed by atoms with E-state index in [0.29, 0.717) is 11.5 Å². The highest BCUT2D eigenvalue weighted by molar-refractivity contribution is 9.10. The Morgan fingerprint density at radius 2 is 2.08 bits per heavy atom. The van der Waals surface area contributed by atoms with E-state index >= 15 is 0 Å². The van der Waals surface area contributed by atoms with E-state index < -0.39 is 5.97 Å². The molecule has 5 nitrogen and oxygen atoms in total. The summed E-state index contributed by atoms with van der Waals surface area (Å²) in [4.78, 5) is 26.8. The van der Waals surface area contributed by atoms with Crippen molar-refractivity contribution in [3.8, 4) is 5.75 Å². The van der Waals surface area contributed by atoms with Gasteiger partial charge in [0.2, 0.25) is 5.91 Å². The summed E-state index contributed by atoms with van der Waals surface area (Å²) in [6, 6.07) is 13.0. The van der Waals surface area contributed by atoms with E-state index in [9.17, 15) is 9.59 Å². The Hall–Kier alpha value is -1.99. The van der Waals surface area contributed by atoms with Crippen molar-refractivity contribution >= 4 is 45.3 Å². The second kappa shape index (κ2) is 7.93. The van der Waals surface area contributed by atoms with Crippen molar-refractivity contribution in [1.82, 2.24) is 0 Å². The number of para-hydroxylation sites is 1. The third-order valence-corrected chi connectivity index (χ3v) is 5.38. The Bertz CT molecular complexity index is 811. The van der Waals surface area contributed by atoms with Crippen LogP contribution in [0, 0.1) is 0 Å². The van der Waals surface area contributed by atoms with Crippen molar-refractivity contribution in [2.24, 2.45) is 0 Å². The van der Waals surface area contributed by atoms with E-state index in [1.165, 1.54) is 16.7 Å². The number of fused-ring (bicyclic) bond motifs is 1. The maximum Gasteiger partial charge on any atom is 0.326 e. The molecule has 130 valence electrons. The molecule has 1 aliphatic rings.